The molecule has 4 aromatic rings. The molecule has 24 heavy (non-hydrogen) atoms. The summed E-state index contributed by atoms with van der Waals surface area (Å²) < 4.78 is 0. The highest BCUT2D eigenvalue weighted by Crippen LogP contribution is 2.37. The van der Waals surface area contributed by atoms with E-state index in [4.69, 9.17) is 0 Å². The summed E-state index contributed by atoms with van der Waals surface area (Å²) in [4.78, 5) is 0. The highest BCUT2D eigenvalue weighted by molar-refractivity contribution is 5.91. The minimum atomic E-state index is 1.14. The van der Waals surface area contributed by atoms with Crippen molar-refractivity contribution in [1.29, 1.82) is 0 Å². The van der Waals surface area contributed by atoms with Gasteiger partial charge in [-0.05, 0) is 39.4 Å². The molecule has 0 N–H and O–H groups in total. The Morgan fingerprint density at radius 1 is 0.417 bits per heavy atom. The van der Waals surface area contributed by atoms with E-state index in [9.17, 15) is 0 Å². The molecule has 0 aromatic heterocycles. The predicted molar refractivity (Wildman–Crippen MR) is 102 cm³/mol. The quantitative estimate of drug-likeness (QED) is 0.406. The fraction of sp³-hybridized carbons (Fsp3) is 0. The average Bonchev–Trinajstić information content (AvgIpc) is 2.69. The van der Waals surface area contributed by atoms with Gasteiger partial charge in [-0.3, -0.25) is 0 Å². The molecule has 0 amide bonds. The van der Waals surface area contributed by atoms with Crippen molar-refractivity contribution in [2.24, 2.45) is 0 Å². The lowest BCUT2D eigenvalue weighted by Gasteiger charge is -2.14. The fourth-order valence-corrected chi connectivity index (χ4v) is 3.09. The smallest absolute Gasteiger partial charge is 0.00264 e. The van der Waals surface area contributed by atoms with Crippen molar-refractivity contribution in [3.8, 4) is 33.4 Å². The van der Waals surface area contributed by atoms with Crippen molar-refractivity contribution >= 4 is 0 Å². The van der Waals surface area contributed by atoms with Crippen molar-refractivity contribution in [3.05, 3.63) is 109 Å². The zero-order valence-electron chi connectivity index (χ0n) is 13.3. The maximum atomic E-state index is 3.43. The van der Waals surface area contributed by atoms with Gasteiger partial charge >= 0.3 is 0 Å². The van der Waals surface area contributed by atoms with E-state index in [1.54, 1.807) is 0 Å². The van der Waals surface area contributed by atoms with E-state index in [1.165, 1.54) is 27.8 Å². The van der Waals surface area contributed by atoms with Crippen LogP contribution < -0.4 is 0 Å². The van der Waals surface area contributed by atoms with Gasteiger partial charge in [-0.1, -0.05) is 103 Å². The Hall–Kier alpha value is -3.12. The summed E-state index contributed by atoms with van der Waals surface area (Å²) in [6.07, 6.45) is 0. The zero-order valence-corrected chi connectivity index (χ0v) is 13.3. The first-order chi connectivity index (χ1) is 11.9. The molecule has 0 heterocycles. The molecule has 4 rings (SSSR count). The van der Waals surface area contributed by atoms with Crippen LogP contribution in [0.5, 0.6) is 0 Å². The lowest BCUT2D eigenvalue weighted by molar-refractivity contribution is 1.56. The van der Waals surface area contributed by atoms with E-state index >= 15 is 0 Å². The summed E-state index contributed by atoms with van der Waals surface area (Å²) >= 11 is 0. The van der Waals surface area contributed by atoms with E-state index in [-0.39, 0.29) is 0 Å². The molecule has 0 atom stereocenters. The molecule has 0 aliphatic rings. The topological polar surface area (TPSA) is 0 Å². The Morgan fingerprint density at radius 3 is 1.67 bits per heavy atom. The van der Waals surface area contributed by atoms with E-state index in [1.807, 2.05) is 12.1 Å². The van der Waals surface area contributed by atoms with Gasteiger partial charge in [0.2, 0.25) is 0 Å². The Kier molecular flexibility index (Phi) is 3.95. The molecule has 0 unspecified atom stereocenters. The van der Waals surface area contributed by atoms with E-state index in [0.717, 1.165) is 5.56 Å². The van der Waals surface area contributed by atoms with Gasteiger partial charge in [-0.2, -0.15) is 0 Å². The normalized spacial score (nSPS) is 10.5. The van der Waals surface area contributed by atoms with E-state index < -0.39 is 0 Å². The first-order valence-corrected chi connectivity index (χ1v) is 8.14. The second kappa shape index (κ2) is 6.55. The van der Waals surface area contributed by atoms with Crippen molar-refractivity contribution in [1.82, 2.24) is 0 Å². The highest BCUT2D eigenvalue weighted by atomic mass is 14.1. The number of hydrogen-bond acceptors (Lipinski definition) is 0. The average molecular weight is 305 g/mol. The van der Waals surface area contributed by atoms with Gasteiger partial charge in [0, 0.05) is 0 Å². The van der Waals surface area contributed by atoms with Crippen LogP contribution in [0.2, 0.25) is 0 Å². The summed E-state index contributed by atoms with van der Waals surface area (Å²) in [6, 6.07) is 39.2. The Balaban J connectivity index is 1.93. The highest BCUT2D eigenvalue weighted by Gasteiger charge is 2.11. The van der Waals surface area contributed by atoms with Crippen molar-refractivity contribution < 1.29 is 0 Å². The Morgan fingerprint density at radius 2 is 0.958 bits per heavy atom. The standard InChI is InChI=1S/C24H17/c1-3-11-19(12-4-1)21-15-7-9-17-23(21)24-18-10-8-16-22(24)20-13-5-2-6-14-20/h1-15,17-18H. The maximum Gasteiger partial charge on any atom is -0.00264 e. The second-order valence-corrected chi connectivity index (χ2v) is 5.74. The van der Waals surface area contributed by atoms with Gasteiger partial charge in [-0.15, -0.1) is 0 Å². The van der Waals surface area contributed by atoms with Crippen LogP contribution in [0, 0.1) is 6.07 Å². The third-order valence-electron chi connectivity index (χ3n) is 4.22. The van der Waals surface area contributed by atoms with Crippen LogP contribution in [-0.4, -0.2) is 0 Å². The van der Waals surface area contributed by atoms with Gasteiger partial charge in [-0.25, -0.2) is 0 Å². The minimum absolute atomic E-state index is 1.14. The van der Waals surface area contributed by atoms with Crippen LogP contribution in [0.15, 0.2) is 103 Å². The lowest BCUT2D eigenvalue weighted by Crippen LogP contribution is -1.88. The predicted octanol–water partition coefficient (Wildman–Crippen LogP) is 6.49. The largest absolute Gasteiger partial charge is 0.0622 e. The molecule has 0 spiro atoms. The van der Waals surface area contributed by atoms with Crippen LogP contribution in [0.4, 0.5) is 0 Å². The van der Waals surface area contributed by atoms with Gasteiger partial charge in [0.15, 0.2) is 0 Å². The minimum Gasteiger partial charge on any atom is -0.0622 e. The molecule has 0 aliphatic heterocycles. The molecule has 0 heteroatoms. The summed E-state index contributed by atoms with van der Waals surface area (Å²) in [6.45, 7) is 0. The molecule has 1 radical (unpaired) electrons. The monoisotopic (exact) mass is 305 g/mol. The molecule has 0 fully saturated rings. The number of hydrogen-bond donors (Lipinski definition) is 0. The third-order valence-corrected chi connectivity index (χ3v) is 4.22. The molecule has 0 bridgehead atoms. The van der Waals surface area contributed by atoms with Gasteiger partial charge < -0.3 is 0 Å². The summed E-state index contributed by atoms with van der Waals surface area (Å²) in [5.41, 5.74) is 7.26. The van der Waals surface area contributed by atoms with Crippen molar-refractivity contribution in [2.45, 2.75) is 0 Å². The van der Waals surface area contributed by atoms with E-state index in [2.05, 4.69) is 97.1 Å². The number of rotatable bonds is 3. The fourth-order valence-electron chi connectivity index (χ4n) is 3.09. The molecule has 113 valence electrons. The van der Waals surface area contributed by atoms with Gasteiger partial charge in [0.1, 0.15) is 0 Å². The molecular weight excluding hydrogens is 288 g/mol. The molecule has 4 aromatic carbocycles. The second-order valence-electron chi connectivity index (χ2n) is 5.74. The zero-order chi connectivity index (χ0) is 16.2. The summed E-state index contributed by atoms with van der Waals surface area (Å²) in [7, 11) is 0. The lowest BCUT2D eigenvalue weighted by atomic mass is 9.89. The van der Waals surface area contributed by atoms with Crippen LogP contribution in [0.3, 0.4) is 0 Å². The SMILES string of the molecule is [c]1cccc(-c2ccccc2-c2ccccc2)c1-c1ccccc1. The molecule has 0 saturated carbocycles. The van der Waals surface area contributed by atoms with Gasteiger partial charge in [0.05, 0.1) is 0 Å². The maximum absolute atomic E-state index is 3.43. The number of benzene rings is 4. The van der Waals surface area contributed by atoms with Crippen molar-refractivity contribution in [2.75, 3.05) is 0 Å². The van der Waals surface area contributed by atoms with E-state index in [0.29, 0.717) is 0 Å². The van der Waals surface area contributed by atoms with Crippen LogP contribution >= 0.6 is 0 Å². The third kappa shape index (κ3) is 2.75. The molecule has 0 nitrogen and oxygen atoms in total. The first-order valence-electron chi connectivity index (χ1n) is 8.14. The Labute approximate surface area is 143 Å². The van der Waals surface area contributed by atoms with Crippen LogP contribution in [-0.2, 0) is 0 Å². The summed E-state index contributed by atoms with van der Waals surface area (Å²) in [5.74, 6) is 0. The first kappa shape index (κ1) is 14.5. The molecule has 0 saturated heterocycles. The Bertz CT molecular complexity index is 857. The molecule has 0 aliphatic carbocycles. The molecular formula is C24H17. The van der Waals surface area contributed by atoms with Crippen molar-refractivity contribution in [3.63, 3.8) is 0 Å². The van der Waals surface area contributed by atoms with Crippen LogP contribution in [0.25, 0.3) is 33.4 Å². The van der Waals surface area contributed by atoms with Gasteiger partial charge in [0.25, 0.3) is 0 Å². The summed E-state index contributed by atoms with van der Waals surface area (Å²) in [5, 5.41) is 0. The van der Waals surface area contributed by atoms with Crippen LogP contribution in [0.1, 0.15) is 0 Å².